The molecule has 1 saturated carbocycles. The number of hydrogen-bond acceptors (Lipinski definition) is 7. The Hall–Kier alpha value is -2.97. The van der Waals surface area contributed by atoms with Crippen LogP contribution in [-0.4, -0.2) is 66.7 Å². The first-order valence-electron chi connectivity index (χ1n) is 13.6. The van der Waals surface area contributed by atoms with Gasteiger partial charge in [0.15, 0.2) is 5.60 Å². The molecule has 2 N–H and O–H groups in total. The van der Waals surface area contributed by atoms with Gasteiger partial charge in [-0.05, 0) is 23.1 Å². The first-order chi connectivity index (χ1) is 18.6. The number of aliphatic hydroxyl groups is 2. The zero-order valence-electron chi connectivity index (χ0n) is 22.0. The van der Waals surface area contributed by atoms with Crippen LogP contribution in [0.15, 0.2) is 67.0 Å². The molecule has 0 radical (unpaired) electrons. The van der Waals surface area contributed by atoms with Crippen molar-refractivity contribution in [2.45, 2.75) is 30.5 Å². The molecular formula is C31H36N2O5. The number of rotatable bonds is 7. The van der Waals surface area contributed by atoms with E-state index in [0.29, 0.717) is 36.8 Å². The highest BCUT2D eigenvalue weighted by Gasteiger charge is 2.76. The van der Waals surface area contributed by atoms with Gasteiger partial charge in [0.05, 0.1) is 38.3 Å². The molecule has 6 rings (SSSR count). The normalized spacial score (nSPS) is 30.5. The minimum Gasteiger partial charge on any atom is -0.495 e. The second-order valence-electron chi connectivity index (χ2n) is 10.6. The molecule has 1 aromatic heterocycles. The van der Waals surface area contributed by atoms with Gasteiger partial charge in [0, 0.05) is 44.0 Å². The average Bonchev–Trinajstić information content (AvgIpc) is 3.36. The summed E-state index contributed by atoms with van der Waals surface area (Å²) >= 11 is 0. The molecule has 3 aromatic rings. The summed E-state index contributed by atoms with van der Waals surface area (Å²) in [4.78, 5) is 6.71. The van der Waals surface area contributed by atoms with Gasteiger partial charge in [0.25, 0.3) is 0 Å². The third kappa shape index (κ3) is 3.60. The van der Waals surface area contributed by atoms with E-state index >= 15 is 0 Å². The molecule has 0 bridgehead atoms. The van der Waals surface area contributed by atoms with E-state index in [9.17, 15) is 10.2 Å². The van der Waals surface area contributed by atoms with Crippen LogP contribution < -0.4 is 9.47 Å². The summed E-state index contributed by atoms with van der Waals surface area (Å²) in [6, 6.07) is 18.5. The fraction of sp³-hybridized carbons (Fsp3) is 0.452. The smallest absolute Gasteiger partial charge is 0.174 e. The second kappa shape index (κ2) is 9.97. The number of ether oxygens (including phenoxy) is 3. The maximum Gasteiger partial charge on any atom is 0.174 e. The number of aryl methyl sites for hydroxylation is 1. The Kier molecular flexibility index (Phi) is 6.64. The minimum absolute atomic E-state index is 0.0856. The lowest BCUT2D eigenvalue weighted by Gasteiger charge is -2.42. The van der Waals surface area contributed by atoms with E-state index in [1.807, 2.05) is 18.2 Å². The summed E-state index contributed by atoms with van der Waals surface area (Å²) in [5.74, 6) is 0.0702. The van der Waals surface area contributed by atoms with Gasteiger partial charge in [-0.2, -0.15) is 0 Å². The molecule has 5 atom stereocenters. The van der Waals surface area contributed by atoms with Crippen molar-refractivity contribution in [3.05, 3.63) is 89.2 Å². The maximum absolute atomic E-state index is 13.3. The van der Waals surface area contributed by atoms with Crippen molar-refractivity contribution in [1.29, 1.82) is 0 Å². The van der Waals surface area contributed by atoms with Crippen LogP contribution in [0.5, 0.6) is 11.5 Å². The molecule has 200 valence electrons. The van der Waals surface area contributed by atoms with Crippen molar-refractivity contribution in [3.8, 4) is 11.5 Å². The lowest BCUT2D eigenvalue weighted by molar-refractivity contribution is -0.135. The zero-order chi connectivity index (χ0) is 26.3. The van der Waals surface area contributed by atoms with Crippen LogP contribution in [0.1, 0.15) is 35.1 Å². The summed E-state index contributed by atoms with van der Waals surface area (Å²) in [6.45, 7) is 5.50. The molecule has 7 heteroatoms. The van der Waals surface area contributed by atoms with E-state index in [4.69, 9.17) is 14.2 Å². The quantitative estimate of drug-likeness (QED) is 0.497. The van der Waals surface area contributed by atoms with Gasteiger partial charge in [-0.15, -0.1) is 0 Å². The Labute approximate surface area is 224 Å². The fourth-order valence-corrected chi connectivity index (χ4v) is 7.22. The molecule has 38 heavy (non-hydrogen) atoms. The van der Waals surface area contributed by atoms with E-state index in [0.717, 1.165) is 30.6 Å². The maximum atomic E-state index is 13.3. The lowest BCUT2D eigenvalue weighted by atomic mass is 9.69. The highest BCUT2D eigenvalue weighted by atomic mass is 16.5. The van der Waals surface area contributed by atoms with E-state index in [2.05, 4.69) is 53.2 Å². The minimum atomic E-state index is -1.49. The summed E-state index contributed by atoms with van der Waals surface area (Å²) in [7, 11) is 1.60. The van der Waals surface area contributed by atoms with Gasteiger partial charge in [-0.25, -0.2) is 0 Å². The van der Waals surface area contributed by atoms with Crippen LogP contribution >= 0.6 is 0 Å². The lowest BCUT2D eigenvalue weighted by Crippen LogP contribution is -2.53. The molecule has 2 fully saturated rings. The molecule has 3 heterocycles. The third-order valence-electron chi connectivity index (χ3n) is 8.95. The number of aromatic nitrogens is 1. The Bertz CT molecular complexity index is 1260. The molecule has 1 saturated heterocycles. The van der Waals surface area contributed by atoms with Crippen LogP contribution in [0.4, 0.5) is 0 Å². The summed E-state index contributed by atoms with van der Waals surface area (Å²) in [5.41, 5.74) is 1.05. The van der Waals surface area contributed by atoms with Crippen molar-refractivity contribution in [1.82, 2.24) is 9.88 Å². The van der Waals surface area contributed by atoms with Crippen LogP contribution in [-0.2, 0) is 22.4 Å². The molecule has 2 aliphatic heterocycles. The molecule has 2 aromatic carbocycles. The van der Waals surface area contributed by atoms with Crippen LogP contribution in [0, 0.1) is 11.8 Å². The number of benzene rings is 2. The van der Waals surface area contributed by atoms with Gasteiger partial charge in [-0.1, -0.05) is 61.5 Å². The van der Waals surface area contributed by atoms with Gasteiger partial charge in [-0.3, -0.25) is 9.88 Å². The number of fused-ring (bicyclic) bond motifs is 3. The van der Waals surface area contributed by atoms with E-state index < -0.39 is 11.2 Å². The number of hydrogen-bond donors (Lipinski definition) is 2. The predicted octanol–water partition coefficient (Wildman–Crippen LogP) is 3.48. The van der Waals surface area contributed by atoms with Crippen molar-refractivity contribution >= 4 is 0 Å². The van der Waals surface area contributed by atoms with Crippen molar-refractivity contribution in [2.75, 3.05) is 46.6 Å². The highest BCUT2D eigenvalue weighted by Crippen LogP contribution is 2.71. The topological polar surface area (TPSA) is 84.3 Å². The van der Waals surface area contributed by atoms with Crippen molar-refractivity contribution in [2.24, 2.45) is 11.8 Å². The van der Waals surface area contributed by atoms with Gasteiger partial charge >= 0.3 is 0 Å². The monoisotopic (exact) mass is 516 g/mol. The number of pyridine rings is 1. The Morgan fingerprint density at radius 2 is 1.79 bits per heavy atom. The Balaban J connectivity index is 1.63. The first kappa shape index (κ1) is 25.3. The summed E-state index contributed by atoms with van der Waals surface area (Å²) < 4.78 is 18.4. The standard InChI is InChI=1S/C31H36N2O5/c1-3-21-9-11-23(12-10-21)31-28(22-7-5-4-6-8-22)24(20-34)25(19-33-13-15-37-16-14-33)30(31,35)29-26(36-2)17-32-18-27(29)38-31/h4-12,17-18,24-25,28,34-35H,3,13-16,19-20H2,1-2H3/t24-,25-,28+,30+,31-/m0/s1. The largest absolute Gasteiger partial charge is 0.495 e. The number of aliphatic hydroxyl groups excluding tert-OH is 1. The van der Waals surface area contributed by atoms with E-state index in [-0.39, 0.29) is 24.4 Å². The molecule has 3 aliphatic rings. The number of morpholine rings is 1. The fourth-order valence-electron chi connectivity index (χ4n) is 7.22. The zero-order valence-corrected chi connectivity index (χ0v) is 22.0. The third-order valence-corrected chi connectivity index (χ3v) is 8.95. The van der Waals surface area contributed by atoms with Crippen LogP contribution in [0.25, 0.3) is 0 Å². The number of nitrogens with zero attached hydrogens (tertiary/aromatic N) is 2. The van der Waals surface area contributed by atoms with E-state index in [1.54, 1.807) is 19.5 Å². The molecule has 0 amide bonds. The Morgan fingerprint density at radius 3 is 2.45 bits per heavy atom. The molecule has 0 spiro atoms. The van der Waals surface area contributed by atoms with Crippen molar-refractivity contribution < 1.29 is 24.4 Å². The first-order valence-corrected chi connectivity index (χ1v) is 13.6. The van der Waals surface area contributed by atoms with Gasteiger partial charge < -0.3 is 24.4 Å². The average molecular weight is 517 g/mol. The molecule has 0 unspecified atom stereocenters. The summed E-state index contributed by atoms with van der Waals surface area (Å²) in [5, 5.41) is 24.4. The molecule has 1 aliphatic carbocycles. The van der Waals surface area contributed by atoms with Crippen molar-refractivity contribution in [3.63, 3.8) is 0 Å². The summed E-state index contributed by atoms with van der Waals surface area (Å²) in [6.07, 6.45) is 4.24. The number of methoxy groups -OCH3 is 1. The van der Waals surface area contributed by atoms with Crippen LogP contribution in [0.3, 0.4) is 0 Å². The van der Waals surface area contributed by atoms with Crippen LogP contribution in [0.2, 0.25) is 0 Å². The Morgan fingerprint density at radius 1 is 1.05 bits per heavy atom. The molecular weight excluding hydrogens is 480 g/mol. The van der Waals surface area contributed by atoms with E-state index in [1.165, 1.54) is 5.56 Å². The second-order valence-corrected chi connectivity index (χ2v) is 10.6. The SMILES string of the molecule is CCc1ccc([C@@]23Oc4cncc(OC)c4[C@]2(O)[C@@H](CN2CCOCC2)[C@H](CO)[C@H]3c2ccccc2)cc1. The van der Waals surface area contributed by atoms with Gasteiger partial charge in [0.2, 0.25) is 0 Å². The predicted molar refractivity (Wildman–Crippen MR) is 143 cm³/mol. The highest BCUT2D eigenvalue weighted by molar-refractivity contribution is 5.59. The van der Waals surface area contributed by atoms with Gasteiger partial charge in [0.1, 0.15) is 17.1 Å². The molecule has 7 nitrogen and oxygen atoms in total.